The van der Waals surface area contributed by atoms with Crippen LogP contribution in [0, 0.1) is 0 Å². The minimum Gasteiger partial charge on any atom is -0.379 e. The Morgan fingerprint density at radius 2 is 1.27 bits per heavy atom. The second kappa shape index (κ2) is 25.1. The number of carbonyl (C=O) groups excluding carboxylic acids is 4. The second-order valence-corrected chi connectivity index (χ2v) is 13.4. The highest BCUT2D eigenvalue weighted by Gasteiger charge is 2.29. The van der Waals surface area contributed by atoms with Crippen molar-refractivity contribution in [1.82, 2.24) is 10.2 Å². The first-order chi connectivity index (χ1) is 23.6. The van der Waals surface area contributed by atoms with Crippen molar-refractivity contribution in [2.45, 2.75) is 77.2 Å². The Morgan fingerprint density at radius 3 is 1.82 bits per heavy atom. The van der Waals surface area contributed by atoms with Crippen LogP contribution in [0.1, 0.15) is 70.3 Å². The number of nitrogens with zero attached hydrogens (tertiary/aromatic N) is 1. The molecule has 1 aromatic carbocycles. The number of hydrogen-bond donors (Lipinski definition) is 4. The van der Waals surface area contributed by atoms with Gasteiger partial charge in [-0.2, -0.15) is 0 Å². The zero-order valence-corrected chi connectivity index (χ0v) is 29.5. The van der Waals surface area contributed by atoms with Crippen LogP contribution in [-0.4, -0.2) is 110 Å². The Labute approximate surface area is 289 Å². The molecule has 15 heteroatoms. The minimum absolute atomic E-state index is 0.0261. The summed E-state index contributed by atoms with van der Waals surface area (Å²) in [4.78, 5) is 68.2. The fraction of sp³-hybridized carbons (Fsp3) is 0.647. The van der Waals surface area contributed by atoms with E-state index in [1.54, 1.807) is 12.1 Å². The van der Waals surface area contributed by atoms with Crippen molar-refractivity contribution in [3.63, 3.8) is 0 Å². The van der Waals surface area contributed by atoms with Gasteiger partial charge in [0.1, 0.15) is 6.04 Å². The zero-order chi connectivity index (χ0) is 35.7. The topological polar surface area (TPSA) is 190 Å². The summed E-state index contributed by atoms with van der Waals surface area (Å²) in [5.41, 5.74) is 1.62. The molecule has 1 heterocycles. The van der Waals surface area contributed by atoms with Crippen LogP contribution < -0.4 is 10.6 Å². The Morgan fingerprint density at radius 1 is 0.755 bits per heavy atom. The third kappa shape index (κ3) is 20.3. The standard InChI is InChI=1S/C34H54N3O11P/c1-2-3-4-5-6-7-8-9-10-28-11-13-29(14-12-28)35-34(41)30(27-49(42,43)44)36-31(38)17-19-45-21-23-47-25-26-48-24-22-46-20-18-37-32(39)15-16-33(37)40/h11-16,30H,2-10,17-27H2,1H3,(H,35,41)(H,36,38)(H2,42,43,44). The SMILES string of the molecule is CCCCCCCCCCc1ccc(NC(=O)C(CP(=O)(O)O)NC(=O)CCOCCOCCOCCOCCN2C(=O)C=CC2=O)cc1. The van der Waals surface area contributed by atoms with Gasteiger partial charge in [-0.1, -0.05) is 64.0 Å². The van der Waals surface area contributed by atoms with Crippen molar-refractivity contribution in [3.8, 4) is 0 Å². The normalized spacial score (nSPS) is 13.7. The molecule has 1 atom stereocenters. The fourth-order valence-corrected chi connectivity index (χ4v) is 5.61. The summed E-state index contributed by atoms with van der Waals surface area (Å²) in [6.07, 6.45) is 12.4. The predicted octanol–water partition coefficient (Wildman–Crippen LogP) is 3.35. The third-order valence-corrected chi connectivity index (χ3v) is 8.40. The minimum atomic E-state index is -4.61. The molecular formula is C34H54N3O11P. The number of unbranched alkanes of at least 4 members (excludes halogenated alkanes) is 7. The van der Waals surface area contributed by atoms with Gasteiger partial charge in [0.25, 0.3) is 11.8 Å². The van der Waals surface area contributed by atoms with E-state index in [-0.39, 0.29) is 51.2 Å². The van der Waals surface area contributed by atoms with Gasteiger partial charge in [0.15, 0.2) is 0 Å². The number of nitrogens with one attached hydrogen (secondary N) is 2. The van der Waals surface area contributed by atoms with Gasteiger partial charge in [-0.15, -0.1) is 0 Å². The van der Waals surface area contributed by atoms with Crippen LogP contribution in [-0.2, 0) is 49.1 Å². The number of hydrogen-bond acceptors (Lipinski definition) is 9. The monoisotopic (exact) mass is 711 g/mol. The summed E-state index contributed by atoms with van der Waals surface area (Å²) < 4.78 is 33.2. The number of anilines is 1. The molecule has 49 heavy (non-hydrogen) atoms. The molecule has 1 aromatic rings. The molecule has 0 saturated heterocycles. The predicted molar refractivity (Wildman–Crippen MR) is 184 cm³/mol. The molecule has 276 valence electrons. The summed E-state index contributed by atoms with van der Waals surface area (Å²) in [7, 11) is -4.61. The van der Waals surface area contributed by atoms with Gasteiger partial charge in [0.05, 0.1) is 65.6 Å². The van der Waals surface area contributed by atoms with E-state index in [1.165, 1.54) is 57.1 Å². The smallest absolute Gasteiger partial charge is 0.328 e. The fourth-order valence-electron chi connectivity index (χ4n) is 4.88. The van der Waals surface area contributed by atoms with Crippen molar-refractivity contribution in [3.05, 3.63) is 42.0 Å². The summed E-state index contributed by atoms with van der Waals surface area (Å²) in [6, 6.07) is 5.91. The van der Waals surface area contributed by atoms with Crippen LogP contribution in [0.2, 0.25) is 0 Å². The Hall–Kier alpha value is -2.97. The number of ether oxygens (including phenoxy) is 4. The quantitative estimate of drug-likeness (QED) is 0.0542. The number of aryl methyl sites for hydroxylation is 1. The lowest BCUT2D eigenvalue weighted by atomic mass is 10.0. The van der Waals surface area contributed by atoms with Gasteiger partial charge < -0.3 is 39.4 Å². The van der Waals surface area contributed by atoms with Crippen LogP contribution in [0.3, 0.4) is 0 Å². The summed E-state index contributed by atoms with van der Waals surface area (Å²) in [6.45, 7) is 4.38. The Kier molecular flexibility index (Phi) is 21.6. The van der Waals surface area contributed by atoms with Gasteiger partial charge in [-0.25, -0.2) is 0 Å². The Bertz CT molecular complexity index is 1190. The lowest BCUT2D eigenvalue weighted by Crippen LogP contribution is -2.46. The summed E-state index contributed by atoms with van der Waals surface area (Å²) in [5, 5.41) is 5.05. The van der Waals surface area contributed by atoms with Crippen LogP contribution in [0.15, 0.2) is 36.4 Å². The van der Waals surface area contributed by atoms with E-state index in [0.29, 0.717) is 32.1 Å². The summed E-state index contributed by atoms with van der Waals surface area (Å²) >= 11 is 0. The number of benzene rings is 1. The molecule has 1 aliphatic rings. The van der Waals surface area contributed by atoms with E-state index < -0.39 is 31.6 Å². The van der Waals surface area contributed by atoms with E-state index >= 15 is 0 Å². The molecule has 14 nitrogen and oxygen atoms in total. The number of rotatable bonds is 29. The third-order valence-electron chi connectivity index (χ3n) is 7.56. The first-order valence-electron chi connectivity index (χ1n) is 17.2. The van der Waals surface area contributed by atoms with Crippen LogP contribution in [0.25, 0.3) is 0 Å². The molecule has 1 unspecified atom stereocenters. The first kappa shape index (κ1) is 42.2. The average molecular weight is 712 g/mol. The van der Waals surface area contributed by atoms with Crippen LogP contribution in [0.4, 0.5) is 5.69 Å². The zero-order valence-electron chi connectivity index (χ0n) is 28.6. The van der Waals surface area contributed by atoms with Gasteiger partial charge in [-0.05, 0) is 30.5 Å². The number of imide groups is 1. The first-order valence-corrected chi connectivity index (χ1v) is 19.0. The van der Waals surface area contributed by atoms with Crippen molar-refractivity contribution in [2.24, 2.45) is 0 Å². The van der Waals surface area contributed by atoms with Crippen LogP contribution in [0.5, 0.6) is 0 Å². The van der Waals surface area contributed by atoms with Crippen molar-refractivity contribution >= 4 is 36.9 Å². The molecule has 4 N–H and O–H groups in total. The molecule has 0 aromatic heterocycles. The lowest BCUT2D eigenvalue weighted by Gasteiger charge is -2.19. The maximum Gasteiger partial charge on any atom is 0.328 e. The largest absolute Gasteiger partial charge is 0.379 e. The van der Waals surface area contributed by atoms with Crippen molar-refractivity contribution < 1.29 is 52.5 Å². The second-order valence-electron chi connectivity index (χ2n) is 11.7. The number of carbonyl (C=O) groups is 4. The molecule has 0 bridgehead atoms. The highest BCUT2D eigenvalue weighted by atomic mass is 31.2. The van der Waals surface area contributed by atoms with Gasteiger partial charge >= 0.3 is 7.60 Å². The average Bonchev–Trinajstić information content (AvgIpc) is 3.38. The molecule has 4 amide bonds. The van der Waals surface area contributed by atoms with Crippen molar-refractivity contribution in [1.29, 1.82) is 0 Å². The van der Waals surface area contributed by atoms with Gasteiger partial charge in [0, 0.05) is 24.3 Å². The van der Waals surface area contributed by atoms with Crippen LogP contribution >= 0.6 is 7.60 Å². The van der Waals surface area contributed by atoms with Crippen molar-refractivity contribution in [2.75, 3.05) is 70.9 Å². The van der Waals surface area contributed by atoms with E-state index in [2.05, 4.69) is 17.6 Å². The molecule has 1 aliphatic heterocycles. The maximum absolute atomic E-state index is 12.8. The molecule has 0 saturated carbocycles. The van der Waals surface area contributed by atoms with E-state index in [4.69, 9.17) is 18.9 Å². The number of amides is 4. The highest BCUT2D eigenvalue weighted by Crippen LogP contribution is 2.35. The van der Waals surface area contributed by atoms with Gasteiger partial charge in [-0.3, -0.25) is 28.6 Å². The van der Waals surface area contributed by atoms with E-state index in [0.717, 1.165) is 23.3 Å². The lowest BCUT2D eigenvalue weighted by molar-refractivity contribution is -0.137. The Balaban J connectivity index is 1.54. The molecule has 0 aliphatic carbocycles. The maximum atomic E-state index is 12.8. The van der Waals surface area contributed by atoms with Gasteiger partial charge in [0.2, 0.25) is 11.8 Å². The summed E-state index contributed by atoms with van der Waals surface area (Å²) in [5.74, 6) is -1.99. The molecular weight excluding hydrogens is 657 g/mol. The van der Waals surface area contributed by atoms with E-state index in [9.17, 15) is 33.5 Å². The van der Waals surface area contributed by atoms with E-state index in [1.807, 2.05) is 12.1 Å². The molecule has 0 fully saturated rings. The molecule has 0 spiro atoms. The molecule has 2 rings (SSSR count). The highest BCUT2D eigenvalue weighted by molar-refractivity contribution is 7.51. The molecule has 0 radical (unpaired) electrons.